The number of anilines is 3. The van der Waals surface area contributed by atoms with Gasteiger partial charge in [-0.1, -0.05) is 12.1 Å². The van der Waals surface area contributed by atoms with Gasteiger partial charge in [-0.3, -0.25) is 10.1 Å². The molecule has 7 nitrogen and oxygen atoms in total. The van der Waals surface area contributed by atoms with Crippen LogP contribution in [0.25, 0.3) is 33.3 Å². The highest BCUT2D eigenvalue weighted by Gasteiger charge is 2.12. The van der Waals surface area contributed by atoms with Gasteiger partial charge in [0.15, 0.2) is 5.82 Å². The van der Waals surface area contributed by atoms with Gasteiger partial charge in [-0.2, -0.15) is 5.10 Å². The fourth-order valence-electron chi connectivity index (χ4n) is 2.78. The number of benzene rings is 1. The average Bonchev–Trinajstić information content (AvgIpc) is 2.95. The number of hydrogen-bond acceptors (Lipinski definition) is 6. The number of fused-ring (bicyclic) bond motifs is 1. The lowest BCUT2D eigenvalue weighted by Gasteiger charge is -2.10. The molecule has 3 aromatic heterocycles. The Morgan fingerprint density at radius 3 is 2.46 bits per heavy atom. The van der Waals surface area contributed by atoms with Gasteiger partial charge >= 0.3 is 0 Å². The summed E-state index contributed by atoms with van der Waals surface area (Å²) in [5, 5.41) is 7.80. The van der Waals surface area contributed by atoms with Crippen molar-refractivity contribution >= 4 is 28.4 Å². The second kappa shape index (κ2) is 5.24. The molecular weight excluding hydrogens is 302 g/mol. The molecule has 3 heterocycles. The van der Waals surface area contributed by atoms with E-state index in [2.05, 4.69) is 20.2 Å². The maximum Gasteiger partial charge on any atom is 0.153 e. The third-order valence-corrected chi connectivity index (χ3v) is 3.85. The first-order valence-electron chi connectivity index (χ1n) is 7.34. The smallest absolute Gasteiger partial charge is 0.153 e. The van der Waals surface area contributed by atoms with E-state index >= 15 is 0 Å². The van der Waals surface area contributed by atoms with Crippen LogP contribution in [0.5, 0.6) is 0 Å². The monoisotopic (exact) mass is 317 g/mol. The number of nitrogens with one attached hydrogen (secondary N) is 1. The number of aromatic nitrogens is 4. The lowest BCUT2D eigenvalue weighted by atomic mass is 9.98. The van der Waals surface area contributed by atoms with Crippen LogP contribution < -0.4 is 17.2 Å². The molecule has 0 amide bonds. The van der Waals surface area contributed by atoms with Gasteiger partial charge in [0.1, 0.15) is 11.6 Å². The molecule has 1 aromatic carbocycles. The zero-order valence-electron chi connectivity index (χ0n) is 12.7. The number of nitrogens with two attached hydrogens (primary N) is 3. The van der Waals surface area contributed by atoms with Gasteiger partial charge in [0.05, 0.1) is 11.2 Å². The van der Waals surface area contributed by atoms with Crippen molar-refractivity contribution in [3.8, 4) is 22.4 Å². The molecule has 4 rings (SSSR count). The summed E-state index contributed by atoms with van der Waals surface area (Å²) in [5.41, 5.74) is 22.0. The van der Waals surface area contributed by atoms with Crippen LogP contribution in [-0.2, 0) is 0 Å². The number of nitrogen functional groups attached to an aromatic ring is 3. The summed E-state index contributed by atoms with van der Waals surface area (Å²) in [6.07, 6.45) is 1.73. The van der Waals surface area contributed by atoms with E-state index in [1.165, 1.54) is 0 Å². The third kappa shape index (κ3) is 2.28. The number of pyridine rings is 2. The minimum Gasteiger partial charge on any atom is -0.384 e. The van der Waals surface area contributed by atoms with Crippen LogP contribution in [-0.4, -0.2) is 20.2 Å². The molecule has 0 unspecified atom stereocenters. The molecule has 0 saturated carbocycles. The van der Waals surface area contributed by atoms with Crippen molar-refractivity contribution in [1.82, 2.24) is 20.2 Å². The summed E-state index contributed by atoms with van der Waals surface area (Å²) < 4.78 is 0. The predicted molar refractivity (Wildman–Crippen MR) is 95.8 cm³/mol. The van der Waals surface area contributed by atoms with Crippen molar-refractivity contribution in [2.45, 2.75) is 0 Å². The molecule has 24 heavy (non-hydrogen) atoms. The molecule has 0 spiro atoms. The molecule has 7 heteroatoms. The minimum absolute atomic E-state index is 0.358. The van der Waals surface area contributed by atoms with Gasteiger partial charge in [0.25, 0.3) is 0 Å². The normalized spacial score (nSPS) is 11.0. The standard InChI is InChI=1S/C17H15N7/c18-14-7-10(8-15(19)22-14)16-11(2-1-5-21-16)9-3-4-13-12(6-9)17(20)24-23-13/h1-8H,(H4,18,19,22)(H3,20,23,24). The molecule has 0 fully saturated rings. The molecule has 0 aliphatic rings. The van der Waals surface area contributed by atoms with Gasteiger partial charge in [0, 0.05) is 22.7 Å². The number of hydrogen-bond donors (Lipinski definition) is 4. The van der Waals surface area contributed by atoms with Gasteiger partial charge in [-0.05, 0) is 35.9 Å². The van der Waals surface area contributed by atoms with E-state index in [1.807, 2.05) is 30.3 Å². The van der Waals surface area contributed by atoms with Crippen LogP contribution in [0.15, 0.2) is 48.7 Å². The summed E-state index contributed by atoms with van der Waals surface area (Å²) in [4.78, 5) is 8.51. The molecule has 7 N–H and O–H groups in total. The Balaban J connectivity index is 1.93. The molecule has 118 valence electrons. The largest absolute Gasteiger partial charge is 0.384 e. The SMILES string of the molecule is Nc1cc(-c2ncccc2-c2ccc3[nH]nc(N)c3c2)cc(N)n1. The van der Waals surface area contributed by atoms with Gasteiger partial charge in [-0.15, -0.1) is 0 Å². The van der Waals surface area contributed by atoms with Crippen LogP contribution in [0.4, 0.5) is 17.5 Å². The molecule has 4 aromatic rings. The third-order valence-electron chi connectivity index (χ3n) is 3.85. The Morgan fingerprint density at radius 2 is 1.67 bits per heavy atom. The van der Waals surface area contributed by atoms with E-state index in [-0.39, 0.29) is 0 Å². The number of H-pyrrole nitrogens is 1. The van der Waals surface area contributed by atoms with Crippen molar-refractivity contribution < 1.29 is 0 Å². The van der Waals surface area contributed by atoms with E-state index in [1.54, 1.807) is 18.3 Å². The van der Waals surface area contributed by atoms with Crippen molar-refractivity contribution in [1.29, 1.82) is 0 Å². The molecule has 0 saturated heterocycles. The first-order valence-corrected chi connectivity index (χ1v) is 7.34. The first-order chi connectivity index (χ1) is 11.6. The predicted octanol–water partition coefficient (Wildman–Crippen LogP) is 2.43. The molecule has 0 bridgehead atoms. The summed E-state index contributed by atoms with van der Waals surface area (Å²) in [6, 6.07) is 13.3. The van der Waals surface area contributed by atoms with Crippen molar-refractivity contribution in [3.05, 3.63) is 48.7 Å². The van der Waals surface area contributed by atoms with Gasteiger partial charge in [-0.25, -0.2) is 4.98 Å². The highest BCUT2D eigenvalue weighted by Crippen LogP contribution is 2.33. The van der Waals surface area contributed by atoms with E-state index in [9.17, 15) is 0 Å². The Labute approximate surface area is 137 Å². The topological polar surface area (TPSA) is 133 Å². The Kier molecular flexibility index (Phi) is 3.06. The maximum absolute atomic E-state index is 5.91. The fraction of sp³-hybridized carbons (Fsp3) is 0. The van der Waals surface area contributed by atoms with Crippen LogP contribution in [0, 0.1) is 0 Å². The quantitative estimate of drug-likeness (QED) is 0.449. The highest BCUT2D eigenvalue weighted by atomic mass is 15.1. The maximum atomic E-state index is 5.91. The Bertz CT molecular complexity index is 1030. The lowest BCUT2D eigenvalue weighted by molar-refractivity contribution is 1.13. The number of aromatic amines is 1. The summed E-state index contributed by atoms with van der Waals surface area (Å²) >= 11 is 0. The van der Waals surface area contributed by atoms with Gasteiger partial charge < -0.3 is 17.2 Å². The average molecular weight is 317 g/mol. The van der Waals surface area contributed by atoms with Crippen molar-refractivity contribution in [2.75, 3.05) is 17.2 Å². The van der Waals surface area contributed by atoms with E-state index in [0.29, 0.717) is 17.5 Å². The Morgan fingerprint density at radius 1 is 0.875 bits per heavy atom. The van der Waals surface area contributed by atoms with Crippen molar-refractivity contribution in [2.24, 2.45) is 0 Å². The fourth-order valence-corrected chi connectivity index (χ4v) is 2.78. The molecule has 0 atom stereocenters. The summed E-state index contributed by atoms with van der Waals surface area (Å²) in [7, 11) is 0. The highest BCUT2D eigenvalue weighted by molar-refractivity contribution is 5.94. The van der Waals surface area contributed by atoms with E-state index in [0.717, 1.165) is 33.3 Å². The molecule has 0 radical (unpaired) electrons. The summed E-state index contributed by atoms with van der Waals surface area (Å²) in [6.45, 7) is 0. The number of rotatable bonds is 2. The molecular formula is C17H15N7. The van der Waals surface area contributed by atoms with Crippen LogP contribution in [0.2, 0.25) is 0 Å². The van der Waals surface area contributed by atoms with Gasteiger partial charge in [0.2, 0.25) is 0 Å². The zero-order chi connectivity index (χ0) is 16.7. The first kappa shape index (κ1) is 14.0. The van der Waals surface area contributed by atoms with Crippen LogP contribution >= 0.6 is 0 Å². The van der Waals surface area contributed by atoms with Crippen LogP contribution in [0.3, 0.4) is 0 Å². The van der Waals surface area contributed by atoms with Crippen molar-refractivity contribution in [3.63, 3.8) is 0 Å². The molecule has 0 aliphatic heterocycles. The Hall–Kier alpha value is -3.61. The summed E-state index contributed by atoms with van der Waals surface area (Å²) in [5.74, 6) is 1.18. The minimum atomic E-state index is 0.358. The lowest BCUT2D eigenvalue weighted by Crippen LogP contribution is -1.98. The van der Waals surface area contributed by atoms with Crippen LogP contribution in [0.1, 0.15) is 0 Å². The second-order valence-electron chi connectivity index (χ2n) is 5.47. The number of nitrogens with zero attached hydrogens (tertiary/aromatic N) is 3. The van der Waals surface area contributed by atoms with E-state index < -0.39 is 0 Å². The van der Waals surface area contributed by atoms with E-state index in [4.69, 9.17) is 17.2 Å². The zero-order valence-corrected chi connectivity index (χ0v) is 12.7. The molecule has 0 aliphatic carbocycles. The second-order valence-corrected chi connectivity index (χ2v) is 5.47.